The molecule has 1 aliphatic rings. The smallest absolute Gasteiger partial charge is 0.334 e. The Balaban J connectivity index is 2.71. The topological polar surface area (TPSA) is 50.1 Å². The van der Waals surface area contributed by atoms with Gasteiger partial charge in [-0.2, -0.15) is 5.26 Å². The van der Waals surface area contributed by atoms with Gasteiger partial charge in [-0.05, 0) is 19.8 Å². The minimum absolute atomic E-state index is 0.355. The lowest BCUT2D eigenvalue weighted by Crippen LogP contribution is -2.33. The summed E-state index contributed by atoms with van der Waals surface area (Å²) in [6.45, 7) is 5.13. The lowest BCUT2D eigenvalue weighted by molar-refractivity contribution is -0.150. The predicted molar refractivity (Wildman–Crippen MR) is 57.0 cm³/mol. The van der Waals surface area contributed by atoms with Gasteiger partial charge in [-0.15, -0.1) is 0 Å². The Labute approximate surface area is 90.7 Å². The molecule has 0 aromatic heterocycles. The number of ether oxygens (including phenoxy) is 1. The van der Waals surface area contributed by atoms with Gasteiger partial charge in [0.05, 0.1) is 0 Å². The zero-order valence-corrected chi connectivity index (χ0v) is 9.21. The second kappa shape index (κ2) is 4.97. The molecule has 15 heavy (non-hydrogen) atoms. The number of carbonyl (C=O) groups is 1. The van der Waals surface area contributed by atoms with E-state index in [4.69, 9.17) is 10.00 Å². The molecular weight excluding hydrogens is 190 g/mol. The van der Waals surface area contributed by atoms with Crippen LogP contribution in [0.25, 0.3) is 0 Å². The first-order valence-corrected chi connectivity index (χ1v) is 5.40. The van der Waals surface area contributed by atoms with Crippen molar-refractivity contribution in [3.8, 4) is 6.07 Å². The summed E-state index contributed by atoms with van der Waals surface area (Å²) in [5.74, 6) is -0.446. The average molecular weight is 207 g/mol. The van der Waals surface area contributed by atoms with Crippen LogP contribution in [0.5, 0.6) is 0 Å². The Hall–Kier alpha value is -1.30. The molecule has 0 bridgehead atoms. The number of rotatable bonds is 2. The van der Waals surface area contributed by atoms with Gasteiger partial charge in [0.25, 0.3) is 0 Å². The van der Waals surface area contributed by atoms with Gasteiger partial charge in [0.2, 0.25) is 0 Å². The average Bonchev–Trinajstić information content (AvgIpc) is 2.44. The van der Waals surface area contributed by atoms with Crippen molar-refractivity contribution in [1.29, 1.82) is 5.26 Å². The van der Waals surface area contributed by atoms with Crippen LogP contribution in [0, 0.1) is 11.3 Å². The molecule has 0 saturated heterocycles. The number of esters is 1. The normalized spacial score (nSPS) is 19.7. The van der Waals surface area contributed by atoms with Crippen LogP contribution in [0.1, 0.15) is 45.4 Å². The number of carbonyl (C=O) groups excluding carboxylic acids is 1. The second-order valence-electron chi connectivity index (χ2n) is 4.19. The summed E-state index contributed by atoms with van der Waals surface area (Å²) < 4.78 is 5.27. The maximum absolute atomic E-state index is 11.4. The largest absolute Gasteiger partial charge is 0.440 e. The molecule has 0 radical (unpaired) electrons. The first-order valence-electron chi connectivity index (χ1n) is 5.40. The Morgan fingerprint density at radius 3 is 2.27 bits per heavy atom. The first kappa shape index (κ1) is 11.8. The number of nitrogens with zero attached hydrogens (tertiary/aromatic N) is 1. The van der Waals surface area contributed by atoms with Gasteiger partial charge in [-0.25, -0.2) is 4.79 Å². The van der Waals surface area contributed by atoms with Crippen molar-refractivity contribution < 1.29 is 9.53 Å². The highest BCUT2D eigenvalue weighted by molar-refractivity contribution is 5.87. The highest BCUT2D eigenvalue weighted by atomic mass is 16.6. The summed E-state index contributed by atoms with van der Waals surface area (Å²) in [6, 6.07) is 2.16. The van der Waals surface area contributed by atoms with E-state index in [0.29, 0.717) is 18.4 Å². The fourth-order valence-electron chi connectivity index (χ4n) is 1.80. The Morgan fingerprint density at radius 1 is 1.33 bits per heavy atom. The SMILES string of the molecule is C=C(C)C(=O)OC1(C#N)CCCCCC1. The fourth-order valence-corrected chi connectivity index (χ4v) is 1.80. The Kier molecular flexibility index (Phi) is 3.90. The number of nitriles is 1. The molecular formula is C12H17NO2. The molecule has 82 valence electrons. The molecule has 0 aliphatic heterocycles. The van der Waals surface area contributed by atoms with Crippen molar-refractivity contribution in [2.75, 3.05) is 0 Å². The van der Waals surface area contributed by atoms with E-state index >= 15 is 0 Å². The molecule has 0 spiro atoms. The molecule has 1 fully saturated rings. The third-order valence-electron chi connectivity index (χ3n) is 2.75. The van der Waals surface area contributed by atoms with Crippen LogP contribution in [0.4, 0.5) is 0 Å². The van der Waals surface area contributed by atoms with Crippen LogP contribution in [-0.4, -0.2) is 11.6 Å². The highest BCUT2D eigenvalue weighted by Gasteiger charge is 2.34. The molecule has 1 rings (SSSR count). The zero-order valence-electron chi connectivity index (χ0n) is 9.21. The zero-order chi connectivity index (χ0) is 11.3. The maximum Gasteiger partial charge on any atom is 0.334 e. The molecule has 0 heterocycles. The number of hydrogen-bond donors (Lipinski definition) is 0. The summed E-state index contributed by atoms with van der Waals surface area (Å²) in [4.78, 5) is 11.4. The number of hydrogen-bond acceptors (Lipinski definition) is 3. The molecule has 0 atom stereocenters. The van der Waals surface area contributed by atoms with E-state index in [1.165, 1.54) is 0 Å². The molecule has 0 aromatic rings. The van der Waals surface area contributed by atoms with E-state index in [1.54, 1.807) is 6.92 Å². The first-order chi connectivity index (χ1) is 7.09. The predicted octanol–water partition coefficient (Wildman–Crippen LogP) is 2.72. The molecule has 3 nitrogen and oxygen atoms in total. The van der Waals surface area contributed by atoms with Gasteiger partial charge in [0.15, 0.2) is 5.60 Å². The lowest BCUT2D eigenvalue weighted by Gasteiger charge is -2.24. The molecule has 1 saturated carbocycles. The standard InChI is InChI=1S/C12H17NO2/c1-10(2)11(14)15-12(9-13)7-5-3-4-6-8-12/h1,3-8H2,2H3. The van der Waals surface area contributed by atoms with E-state index in [-0.39, 0.29) is 0 Å². The lowest BCUT2D eigenvalue weighted by atomic mass is 9.96. The van der Waals surface area contributed by atoms with Crippen molar-refractivity contribution >= 4 is 5.97 Å². The fraction of sp³-hybridized carbons (Fsp3) is 0.667. The van der Waals surface area contributed by atoms with E-state index < -0.39 is 11.6 Å². The van der Waals surface area contributed by atoms with Crippen molar-refractivity contribution in [3.63, 3.8) is 0 Å². The molecule has 3 heteroatoms. The van der Waals surface area contributed by atoms with Crippen LogP contribution in [0.2, 0.25) is 0 Å². The van der Waals surface area contributed by atoms with Crippen LogP contribution in [-0.2, 0) is 9.53 Å². The van der Waals surface area contributed by atoms with E-state index in [9.17, 15) is 4.79 Å². The molecule has 0 unspecified atom stereocenters. The molecule has 0 aromatic carbocycles. The van der Waals surface area contributed by atoms with Gasteiger partial charge < -0.3 is 4.74 Å². The third kappa shape index (κ3) is 3.09. The van der Waals surface area contributed by atoms with Crippen LogP contribution in [0.3, 0.4) is 0 Å². The Bertz CT molecular complexity index is 293. The van der Waals surface area contributed by atoms with Crippen molar-refractivity contribution in [1.82, 2.24) is 0 Å². The quantitative estimate of drug-likeness (QED) is 0.397. The van der Waals surface area contributed by atoms with Gasteiger partial charge in [-0.1, -0.05) is 19.4 Å². The minimum atomic E-state index is -0.896. The summed E-state index contributed by atoms with van der Waals surface area (Å²) in [5.41, 5.74) is -0.541. The van der Waals surface area contributed by atoms with Crippen molar-refractivity contribution in [2.24, 2.45) is 0 Å². The Morgan fingerprint density at radius 2 is 1.87 bits per heavy atom. The minimum Gasteiger partial charge on any atom is -0.440 e. The summed E-state index contributed by atoms with van der Waals surface area (Å²) in [6.07, 6.45) is 5.46. The van der Waals surface area contributed by atoms with E-state index in [1.807, 2.05) is 0 Å². The molecule has 0 N–H and O–H groups in total. The van der Waals surface area contributed by atoms with Gasteiger partial charge in [0.1, 0.15) is 6.07 Å². The van der Waals surface area contributed by atoms with Gasteiger partial charge in [-0.3, -0.25) is 0 Å². The van der Waals surface area contributed by atoms with E-state index in [0.717, 1.165) is 25.7 Å². The summed E-state index contributed by atoms with van der Waals surface area (Å²) >= 11 is 0. The third-order valence-corrected chi connectivity index (χ3v) is 2.75. The molecule has 0 amide bonds. The maximum atomic E-state index is 11.4. The summed E-state index contributed by atoms with van der Waals surface area (Å²) in [5, 5.41) is 9.14. The second-order valence-corrected chi connectivity index (χ2v) is 4.19. The van der Waals surface area contributed by atoms with Gasteiger partial charge in [0, 0.05) is 18.4 Å². The monoisotopic (exact) mass is 207 g/mol. The van der Waals surface area contributed by atoms with Crippen LogP contribution < -0.4 is 0 Å². The van der Waals surface area contributed by atoms with Crippen LogP contribution >= 0.6 is 0 Å². The van der Waals surface area contributed by atoms with Gasteiger partial charge >= 0.3 is 5.97 Å². The van der Waals surface area contributed by atoms with Crippen LogP contribution in [0.15, 0.2) is 12.2 Å². The van der Waals surface area contributed by atoms with Crippen molar-refractivity contribution in [3.05, 3.63) is 12.2 Å². The summed E-state index contributed by atoms with van der Waals surface area (Å²) in [7, 11) is 0. The van der Waals surface area contributed by atoms with Crippen molar-refractivity contribution in [2.45, 2.75) is 51.0 Å². The highest BCUT2D eigenvalue weighted by Crippen LogP contribution is 2.30. The van der Waals surface area contributed by atoms with E-state index in [2.05, 4.69) is 12.6 Å². The molecule has 1 aliphatic carbocycles.